The Bertz CT molecular complexity index is 734. The lowest BCUT2D eigenvalue weighted by molar-refractivity contribution is -0.120. The van der Waals surface area contributed by atoms with Crippen LogP contribution in [0.3, 0.4) is 0 Å². The Morgan fingerprint density at radius 3 is 2.16 bits per heavy atom. The summed E-state index contributed by atoms with van der Waals surface area (Å²) in [6, 6.07) is 12.8. The van der Waals surface area contributed by atoms with Crippen molar-refractivity contribution in [2.24, 2.45) is 0 Å². The number of methoxy groups -OCH3 is 1. The first kappa shape index (κ1) is 18.5. The van der Waals surface area contributed by atoms with Crippen LogP contribution in [0.1, 0.15) is 36.1 Å². The van der Waals surface area contributed by atoms with Gasteiger partial charge in [0.05, 0.1) is 19.6 Å². The number of ether oxygens (including phenoxy) is 1. The van der Waals surface area contributed by atoms with E-state index in [0.29, 0.717) is 0 Å². The molecule has 2 rings (SSSR count). The van der Waals surface area contributed by atoms with E-state index in [-0.39, 0.29) is 18.2 Å². The summed E-state index contributed by atoms with van der Waals surface area (Å²) in [4.78, 5) is 23.9. The molecule has 1 unspecified atom stereocenters. The van der Waals surface area contributed by atoms with Crippen LogP contribution in [-0.2, 0) is 9.59 Å². The minimum absolute atomic E-state index is 0.152. The summed E-state index contributed by atoms with van der Waals surface area (Å²) in [5.74, 6) is 0.393. The molecule has 0 radical (unpaired) electrons. The summed E-state index contributed by atoms with van der Waals surface area (Å²) in [5, 5.41) is 5.74. The standard InChI is InChI=1S/C20H24N2O3/c1-13-9-14(2)11-17(10-13)22-20(24)12-19(21-15(3)23)16-5-7-18(25-4)8-6-16/h5-11,19H,12H2,1-4H3,(H,21,23)(H,22,24). The molecule has 2 amide bonds. The third kappa shape index (κ3) is 5.64. The number of benzene rings is 2. The van der Waals surface area contributed by atoms with Crippen LogP contribution in [0.25, 0.3) is 0 Å². The number of carbonyl (C=O) groups excluding carboxylic acids is 2. The molecule has 132 valence electrons. The zero-order chi connectivity index (χ0) is 18.4. The lowest BCUT2D eigenvalue weighted by Gasteiger charge is -2.18. The number of carbonyl (C=O) groups is 2. The molecule has 25 heavy (non-hydrogen) atoms. The number of rotatable bonds is 6. The van der Waals surface area contributed by atoms with E-state index in [9.17, 15) is 9.59 Å². The van der Waals surface area contributed by atoms with E-state index < -0.39 is 6.04 Å². The second-order valence-corrected chi connectivity index (χ2v) is 6.15. The Hall–Kier alpha value is -2.82. The first-order chi connectivity index (χ1) is 11.9. The van der Waals surface area contributed by atoms with Crippen molar-refractivity contribution in [1.82, 2.24) is 5.32 Å². The summed E-state index contributed by atoms with van der Waals surface area (Å²) in [6.07, 6.45) is 0.152. The quantitative estimate of drug-likeness (QED) is 0.845. The minimum atomic E-state index is -0.394. The molecule has 0 saturated carbocycles. The Kier molecular flexibility index (Phi) is 6.17. The first-order valence-electron chi connectivity index (χ1n) is 8.16. The van der Waals surface area contributed by atoms with Gasteiger partial charge >= 0.3 is 0 Å². The highest BCUT2D eigenvalue weighted by Crippen LogP contribution is 2.22. The highest BCUT2D eigenvalue weighted by atomic mass is 16.5. The molecule has 2 aromatic rings. The highest BCUT2D eigenvalue weighted by molar-refractivity contribution is 5.91. The number of hydrogen-bond acceptors (Lipinski definition) is 3. The lowest BCUT2D eigenvalue weighted by atomic mass is 10.0. The van der Waals surface area contributed by atoms with Gasteiger partial charge in [0, 0.05) is 12.6 Å². The van der Waals surface area contributed by atoms with E-state index in [1.165, 1.54) is 6.92 Å². The van der Waals surface area contributed by atoms with Gasteiger partial charge in [-0.1, -0.05) is 18.2 Å². The molecule has 0 saturated heterocycles. The maximum Gasteiger partial charge on any atom is 0.226 e. The topological polar surface area (TPSA) is 67.4 Å². The van der Waals surface area contributed by atoms with Crippen LogP contribution in [0.5, 0.6) is 5.75 Å². The summed E-state index contributed by atoms with van der Waals surface area (Å²) in [7, 11) is 1.59. The van der Waals surface area contributed by atoms with Crippen LogP contribution in [0, 0.1) is 13.8 Å². The number of anilines is 1. The van der Waals surface area contributed by atoms with Crippen LogP contribution >= 0.6 is 0 Å². The van der Waals surface area contributed by atoms with Gasteiger partial charge in [-0.2, -0.15) is 0 Å². The molecule has 0 heterocycles. The summed E-state index contributed by atoms with van der Waals surface area (Å²) in [5.41, 5.74) is 3.79. The van der Waals surface area contributed by atoms with Gasteiger partial charge in [0.25, 0.3) is 0 Å². The van der Waals surface area contributed by atoms with Crippen LogP contribution in [0.2, 0.25) is 0 Å². The number of aryl methyl sites for hydroxylation is 2. The molecule has 2 aromatic carbocycles. The maximum atomic E-state index is 12.4. The Balaban J connectivity index is 2.12. The largest absolute Gasteiger partial charge is 0.497 e. The highest BCUT2D eigenvalue weighted by Gasteiger charge is 2.17. The number of amides is 2. The van der Waals surface area contributed by atoms with E-state index in [1.54, 1.807) is 7.11 Å². The fourth-order valence-electron chi connectivity index (χ4n) is 2.78. The zero-order valence-corrected chi connectivity index (χ0v) is 15.1. The normalized spacial score (nSPS) is 11.5. The Morgan fingerprint density at radius 1 is 1.04 bits per heavy atom. The van der Waals surface area contributed by atoms with Gasteiger partial charge in [-0.05, 0) is 54.8 Å². The van der Waals surface area contributed by atoms with Gasteiger partial charge in [-0.3, -0.25) is 9.59 Å². The van der Waals surface area contributed by atoms with Gasteiger partial charge in [0.1, 0.15) is 5.75 Å². The number of nitrogens with one attached hydrogen (secondary N) is 2. The molecule has 2 N–H and O–H groups in total. The smallest absolute Gasteiger partial charge is 0.226 e. The van der Waals surface area contributed by atoms with Gasteiger partial charge in [0.2, 0.25) is 11.8 Å². The monoisotopic (exact) mass is 340 g/mol. The van der Waals surface area contributed by atoms with Gasteiger partial charge < -0.3 is 15.4 Å². The van der Waals surface area contributed by atoms with Crippen molar-refractivity contribution < 1.29 is 14.3 Å². The second-order valence-electron chi connectivity index (χ2n) is 6.15. The van der Waals surface area contributed by atoms with E-state index >= 15 is 0 Å². The van der Waals surface area contributed by atoms with Crippen molar-refractivity contribution in [1.29, 1.82) is 0 Å². The maximum absolute atomic E-state index is 12.4. The van der Waals surface area contributed by atoms with Crippen LogP contribution in [0.4, 0.5) is 5.69 Å². The van der Waals surface area contributed by atoms with Crippen molar-refractivity contribution in [3.63, 3.8) is 0 Å². The fraction of sp³-hybridized carbons (Fsp3) is 0.300. The molecule has 5 heteroatoms. The lowest BCUT2D eigenvalue weighted by Crippen LogP contribution is -2.29. The van der Waals surface area contributed by atoms with Crippen LogP contribution in [0.15, 0.2) is 42.5 Å². The van der Waals surface area contributed by atoms with Crippen molar-refractivity contribution in [3.05, 3.63) is 59.2 Å². The third-order valence-electron chi connectivity index (χ3n) is 3.79. The molecular formula is C20H24N2O3. The Morgan fingerprint density at radius 2 is 1.64 bits per heavy atom. The molecular weight excluding hydrogens is 316 g/mol. The second kappa shape index (κ2) is 8.33. The van der Waals surface area contributed by atoms with Gasteiger partial charge in [0.15, 0.2) is 0 Å². The number of hydrogen-bond donors (Lipinski definition) is 2. The molecule has 0 aliphatic rings. The Labute approximate surface area is 148 Å². The predicted molar refractivity (Wildman–Crippen MR) is 98.7 cm³/mol. The van der Waals surface area contributed by atoms with Crippen molar-refractivity contribution in [3.8, 4) is 5.75 Å². The first-order valence-corrected chi connectivity index (χ1v) is 8.16. The van der Waals surface area contributed by atoms with E-state index in [1.807, 2.05) is 56.3 Å². The molecule has 0 aliphatic heterocycles. The molecule has 1 atom stereocenters. The molecule has 0 fully saturated rings. The van der Waals surface area contributed by atoms with E-state index in [2.05, 4.69) is 10.6 Å². The van der Waals surface area contributed by atoms with Crippen molar-refractivity contribution in [2.75, 3.05) is 12.4 Å². The average Bonchev–Trinajstić information content (AvgIpc) is 2.53. The van der Waals surface area contributed by atoms with Gasteiger partial charge in [-0.15, -0.1) is 0 Å². The molecule has 5 nitrogen and oxygen atoms in total. The van der Waals surface area contributed by atoms with Gasteiger partial charge in [-0.25, -0.2) is 0 Å². The SMILES string of the molecule is COc1ccc(C(CC(=O)Nc2cc(C)cc(C)c2)NC(C)=O)cc1. The summed E-state index contributed by atoms with van der Waals surface area (Å²) in [6.45, 7) is 5.42. The minimum Gasteiger partial charge on any atom is -0.497 e. The fourth-order valence-corrected chi connectivity index (χ4v) is 2.78. The van der Waals surface area contributed by atoms with E-state index in [0.717, 1.165) is 28.1 Å². The van der Waals surface area contributed by atoms with E-state index in [4.69, 9.17) is 4.74 Å². The molecule has 0 spiro atoms. The van der Waals surface area contributed by atoms with Crippen molar-refractivity contribution in [2.45, 2.75) is 33.2 Å². The van der Waals surface area contributed by atoms with Crippen molar-refractivity contribution >= 4 is 17.5 Å². The predicted octanol–water partition coefficient (Wildman–Crippen LogP) is 3.52. The molecule has 0 aliphatic carbocycles. The molecule has 0 bridgehead atoms. The third-order valence-corrected chi connectivity index (χ3v) is 3.79. The van der Waals surface area contributed by atoms with Crippen LogP contribution < -0.4 is 15.4 Å². The zero-order valence-electron chi connectivity index (χ0n) is 15.1. The van der Waals surface area contributed by atoms with Crippen LogP contribution in [-0.4, -0.2) is 18.9 Å². The molecule has 0 aromatic heterocycles. The average molecular weight is 340 g/mol. The summed E-state index contributed by atoms with van der Waals surface area (Å²) >= 11 is 0. The summed E-state index contributed by atoms with van der Waals surface area (Å²) < 4.78 is 5.15.